The van der Waals surface area contributed by atoms with Gasteiger partial charge in [0.15, 0.2) is 5.58 Å². The summed E-state index contributed by atoms with van der Waals surface area (Å²) < 4.78 is 5.70. The molecule has 0 fully saturated rings. The van der Waals surface area contributed by atoms with E-state index in [1.54, 1.807) is 11.8 Å². The van der Waals surface area contributed by atoms with Crippen LogP contribution in [-0.2, 0) is 11.5 Å². The summed E-state index contributed by atoms with van der Waals surface area (Å²) in [6, 6.07) is 14.0. The lowest BCUT2D eigenvalue weighted by atomic mass is 10.1. The summed E-state index contributed by atoms with van der Waals surface area (Å²) in [6.07, 6.45) is 0. The molecule has 2 N–H and O–H groups in total. The maximum atomic E-state index is 5.74. The van der Waals surface area contributed by atoms with Gasteiger partial charge in [0.05, 0.1) is 5.75 Å². The van der Waals surface area contributed by atoms with Crippen molar-refractivity contribution in [3.8, 4) is 0 Å². The third-order valence-electron chi connectivity index (χ3n) is 3.20. The average Bonchev–Trinajstić information content (AvgIpc) is 2.83. The van der Waals surface area contributed by atoms with Gasteiger partial charge in [0.2, 0.25) is 5.89 Å². The van der Waals surface area contributed by atoms with Gasteiger partial charge in [-0.25, -0.2) is 4.98 Å². The average molecular weight is 284 g/mol. The quantitative estimate of drug-likeness (QED) is 0.731. The van der Waals surface area contributed by atoms with Crippen molar-refractivity contribution in [2.24, 2.45) is 0 Å². The minimum absolute atomic E-state index is 0.713. The molecule has 0 atom stereocenters. The number of nitrogen functional groups attached to an aromatic ring is 1. The summed E-state index contributed by atoms with van der Waals surface area (Å²) in [5, 5.41) is 0. The lowest BCUT2D eigenvalue weighted by Crippen LogP contribution is -1.87. The molecule has 3 nitrogen and oxygen atoms in total. The molecule has 0 bridgehead atoms. The van der Waals surface area contributed by atoms with Crippen molar-refractivity contribution in [2.75, 3.05) is 5.73 Å². The third kappa shape index (κ3) is 2.80. The van der Waals surface area contributed by atoms with Crippen molar-refractivity contribution < 1.29 is 4.42 Å². The van der Waals surface area contributed by atoms with E-state index in [9.17, 15) is 0 Å². The second kappa shape index (κ2) is 5.59. The van der Waals surface area contributed by atoms with Crippen LogP contribution in [0.2, 0.25) is 0 Å². The van der Waals surface area contributed by atoms with Gasteiger partial charge in [0.1, 0.15) is 5.52 Å². The Bertz CT molecular complexity index is 736. The highest BCUT2D eigenvalue weighted by molar-refractivity contribution is 7.97. The SMILES string of the molecule is Cc1ccccc1CSCc1nc2cc(N)ccc2o1. The van der Waals surface area contributed by atoms with Gasteiger partial charge >= 0.3 is 0 Å². The second-order valence-electron chi connectivity index (χ2n) is 4.75. The highest BCUT2D eigenvalue weighted by Gasteiger charge is 2.06. The van der Waals surface area contributed by atoms with E-state index < -0.39 is 0 Å². The van der Waals surface area contributed by atoms with Gasteiger partial charge in [0.25, 0.3) is 0 Å². The number of benzene rings is 2. The van der Waals surface area contributed by atoms with Crippen LogP contribution < -0.4 is 5.73 Å². The van der Waals surface area contributed by atoms with E-state index in [-0.39, 0.29) is 0 Å². The normalized spacial score (nSPS) is 11.1. The largest absolute Gasteiger partial charge is 0.440 e. The van der Waals surface area contributed by atoms with E-state index in [4.69, 9.17) is 10.2 Å². The summed E-state index contributed by atoms with van der Waals surface area (Å²) in [5.74, 6) is 2.49. The predicted octanol–water partition coefficient (Wildman–Crippen LogP) is 4.15. The van der Waals surface area contributed by atoms with E-state index >= 15 is 0 Å². The van der Waals surface area contributed by atoms with E-state index in [0.29, 0.717) is 5.69 Å². The molecule has 2 aromatic carbocycles. The predicted molar refractivity (Wildman–Crippen MR) is 84.6 cm³/mol. The summed E-state index contributed by atoms with van der Waals surface area (Å²) in [4.78, 5) is 4.46. The van der Waals surface area contributed by atoms with Crippen molar-refractivity contribution in [3.05, 3.63) is 59.5 Å². The molecule has 0 saturated heterocycles. The number of rotatable bonds is 4. The number of nitrogens with two attached hydrogens (primary N) is 1. The molecule has 102 valence electrons. The summed E-state index contributed by atoms with van der Waals surface area (Å²) in [7, 11) is 0. The Labute approximate surface area is 122 Å². The Balaban J connectivity index is 1.67. The Kier molecular flexibility index (Phi) is 3.65. The second-order valence-corrected chi connectivity index (χ2v) is 5.74. The molecule has 3 aromatic rings. The van der Waals surface area contributed by atoms with Gasteiger partial charge in [-0.05, 0) is 36.2 Å². The zero-order chi connectivity index (χ0) is 13.9. The molecule has 0 amide bonds. The zero-order valence-corrected chi connectivity index (χ0v) is 12.1. The topological polar surface area (TPSA) is 52.0 Å². The number of hydrogen-bond acceptors (Lipinski definition) is 4. The van der Waals surface area contributed by atoms with Crippen molar-refractivity contribution >= 4 is 28.5 Å². The number of oxazole rings is 1. The van der Waals surface area contributed by atoms with Crippen molar-refractivity contribution in [1.82, 2.24) is 4.98 Å². The standard InChI is InChI=1S/C16H16N2OS/c1-11-4-2-3-5-12(11)9-20-10-16-18-14-8-13(17)6-7-15(14)19-16/h2-8H,9-10,17H2,1H3. The monoisotopic (exact) mass is 284 g/mol. The van der Waals surface area contributed by atoms with Crippen molar-refractivity contribution in [1.29, 1.82) is 0 Å². The maximum Gasteiger partial charge on any atom is 0.205 e. The summed E-state index contributed by atoms with van der Waals surface area (Å²) in [5.41, 5.74) is 10.8. The minimum Gasteiger partial charge on any atom is -0.440 e. The van der Waals surface area contributed by atoms with Gasteiger partial charge in [-0.1, -0.05) is 24.3 Å². The van der Waals surface area contributed by atoms with E-state index in [1.807, 2.05) is 18.2 Å². The van der Waals surface area contributed by atoms with Crippen molar-refractivity contribution in [3.63, 3.8) is 0 Å². The van der Waals surface area contributed by atoms with Crippen LogP contribution in [0.3, 0.4) is 0 Å². The van der Waals surface area contributed by atoms with Crippen LogP contribution in [-0.4, -0.2) is 4.98 Å². The fourth-order valence-electron chi connectivity index (χ4n) is 2.07. The molecule has 0 aliphatic carbocycles. The molecule has 3 rings (SSSR count). The Morgan fingerprint density at radius 1 is 1.15 bits per heavy atom. The van der Waals surface area contributed by atoms with Crippen LogP contribution in [0, 0.1) is 6.92 Å². The lowest BCUT2D eigenvalue weighted by Gasteiger charge is -2.03. The first-order chi connectivity index (χ1) is 9.72. The molecule has 4 heteroatoms. The number of aryl methyl sites for hydroxylation is 1. The lowest BCUT2D eigenvalue weighted by molar-refractivity contribution is 0.556. The molecule has 1 aromatic heterocycles. The first kappa shape index (κ1) is 13.1. The van der Waals surface area contributed by atoms with Crippen LogP contribution in [0.4, 0.5) is 5.69 Å². The fourth-order valence-corrected chi connectivity index (χ4v) is 3.02. The molecular weight excluding hydrogens is 268 g/mol. The number of aromatic nitrogens is 1. The van der Waals surface area contributed by atoms with E-state index in [0.717, 1.165) is 28.5 Å². The Morgan fingerprint density at radius 2 is 2.00 bits per heavy atom. The van der Waals surface area contributed by atoms with Gasteiger partial charge in [-0.3, -0.25) is 0 Å². The highest BCUT2D eigenvalue weighted by atomic mass is 32.2. The Morgan fingerprint density at radius 3 is 2.85 bits per heavy atom. The molecular formula is C16H16N2OS. The van der Waals surface area contributed by atoms with Gasteiger partial charge in [-0.15, -0.1) is 11.8 Å². The van der Waals surface area contributed by atoms with Crippen molar-refractivity contribution in [2.45, 2.75) is 18.4 Å². The number of anilines is 1. The maximum absolute atomic E-state index is 5.74. The van der Waals surface area contributed by atoms with Crippen LogP contribution in [0.1, 0.15) is 17.0 Å². The number of fused-ring (bicyclic) bond motifs is 1. The van der Waals surface area contributed by atoms with E-state index in [1.165, 1.54) is 11.1 Å². The van der Waals surface area contributed by atoms with Crippen LogP contribution in [0.15, 0.2) is 46.9 Å². The minimum atomic E-state index is 0.713. The first-order valence-corrected chi connectivity index (χ1v) is 7.65. The molecule has 0 spiro atoms. The first-order valence-electron chi connectivity index (χ1n) is 6.49. The Hall–Kier alpha value is -1.94. The zero-order valence-electron chi connectivity index (χ0n) is 11.3. The van der Waals surface area contributed by atoms with Crippen LogP contribution >= 0.6 is 11.8 Å². The van der Waals surface area contributed by atoms with Gasteiger partial charge in [0, 0.05) is 11.4 Å². The smallest absolute Gasteiger partial charge is 0.205 e. The number of thioether (sulfide) groups is 1. The molecule has 0 saturated carbocycles. The molecule has 20 heavy (non-hydrogen) atoms. The summed E-state index contributed by atoms with van der Waals surface area (Å²) >= 11 is 1.81. The van der Waals surface area contributed by atoms with Crippen LogP contribution in [0.25, 0.3) is 11.1 Å². The molecule has 1 heterocycles. The molecule has 0 radical (unpaired) electrons. The molecule has 0 aliphatic rings. The van der Waals surface area contributed by atoms with Gasteiger partial charge < -0.3 is 10.2 Å². The molecule has 0 aliphatic heterocycles. The highest BCUT2D eigenvalue weighted by Crippen LogP contribution is 2.23. The van der Waals surface area contributed by atoms with Crippen LogP contribution in [0.5, 0.6) is 0 Å². The van der Waals surface area contributed by atoms with Gasteiger partial charge in [-0.2, -0.15) is 0 Å². The summed E-state index contributed by atoms with van der Waals surface area (Å²) in [6.45, 7) is 2.14. The number of hydrogen-bond donors (Lipinski definition) is 1. The molecule has 0 unspecified atom stereocenters. The fraction of sp³-hybridized carbons (Fsp3) is 0.188. The number of nitrogens with zero attached hydrogens (tertiary/aromatic N) is 1. The van der Waals surface area contributed by atoms with E-state index in [2.05, 4.69) is 36.2 Å². The third-order valence-corrected chi connectivity index (χ3v) is 4.17.